The van der Waals surface area contributed by atoms with Crippen molar-refractivity contribution in [2.75, 3.05) is 16.8 Å². The van der Waals surface area contributed by atoms with Crippen molar-refractivity contribution in [2.45, 2.75) is 17.8 Å². The van der Waals surface area contributed by atoms with Gasteiger partial charge in [-0.2, -0.15) is 20.2 Å². The van der Waals surface area contributed by atoms with E-state index >= 15 is 0 Å². The number of hydrogen-bond donors (Lipinski definition) is 3. The van der Waals surface area contributed by atoms with Crippen LogP contribution in [0.5, 0.6) is 0 Å². The summed E-state index contributed by atoms with van der Waals surface area (Å²) in [5.74, 6) is 1.47. The van der Waals surface area contributed by atoms with E-state index in [0.29, 0.717) is 22.7 Å². The van der Waals surface area contributed by atoms with Gasteiger partial charge in [-0.05, 0) is 19.1 Å². The van der Waals surface area contributed by atoms with Crippen LogP contribution in [0.15, 0.2) is 35.6 Å². The van der Waals surface area contributed by atoms with Crippen molar-refractivity contribution >= 4 is 35.2 Å². The molecule has 0 aliphatic rings. The lowest BCUT2D eigenvalue weighted by Crippen LogP contribution is -2.07. The molecule has 5 N–H and O–H groups in total. The first-order valence-electron chi connectivity index (χ1n) is 7.53. The Balaban J connectivity index is 1.72. The van der Waals surface area contributed by atoms with Crippen LogP contribution in [0.25, 0.3) is 0 Å². The number of nitrogens with one attached hydrogen (secondary N) is 1. The van der Waals surface area contributed by atoms with Crippen LogP contribution in [-0.2, 0) is 5.75 Å². The Morgan fingerprint density at radius 1 is 1.12 bits per heavy atom. The van der Waals surface area contributed by atoms with Gasteiger partial charge in [0.05, 0.1) is 11.9 Å². The number of aryl methyl sites for hydroxylation is 1. The SMILES string of the molecule is Cc1ccc(Nc2nc(N)nc(CSc3ncc(C#N)c(N)n3)n2)cc1. The van der Waals surface area contributed by atoms with E-state index < -0.39 is 0 Å². The van der Waals surface area contributed by atoms with Gasteiger partial charge in [-0.1, -0.05) is 29.5 Å². The molecule has 130 valence electrons. The van der Waals surface area contributed by atoms with Crippen LogP contribution in [0.4, 0.5) is 23.4 Å². The predicted molar refractivity (Wildman–Crippen MR) is 99.4 cm³/mol. The molecule has 0 amide bonds. The van der Waals surface area contributed by atoms with Crippen LogP contribution >= 0.6 is 11.8 Å². The molecule has 10 heteroatoms. The molecule has 0 spiro atoms. The minimum Gasteiger partial charge on any atom is -0.382 e. The molecule has 0 unspecified atom stereocenters. The predicted octanol–water partition coefficient (Wildman–Crippen LogP) is 2.04. The standard InChI is InChI=1S/C16H15N9S/c1-9-2-4-11(5-3-9)21-15-23-12(22-14(19)25-15)8-26-16-20-7-10(6-17)13(18)24-16/h2-5,7H,8H2,1H3,(H2,18,20,24)(H3,19,21,22,23,25). The zero-order chi connectivity index (χ0) is 18.5. The lowest BCUT2D eigenvalue weighted by atomic mass is 10.2. The molecule has 0 bridgehead atoms. The Morgan fingerprint density at radius 3 is 2.58 bits per heavy atom. The molecule has 0 saturated carbocycles. The fourth-order valence-corrected chi connectivity index (χ4v) is 2.66. The Labute approximate surface area is 153 Å². The molecule has 0 aliphatic carbocycles. The average molecular weight is 365 g/mol. The highest BCUT2D eigenvalue weighted by Gasteiger charge is 2.09. The van der Waals surface area contributed by atoms with Crippen molar-refractivity contribution < 1.29 is 0 Å². The summed E-state index contributed by atoms with van der Waals surface area (Å²) in [4.78, 5) is 20.7. The fourth-order valence-electron chi connectivity index (χ4n) is 1.99. The molecule has 1 aromatic carbocycles. The summed E-state index contributed by atoms with van der Waals surface area (Å²) < 4.78 is 0. The van der Waals surface area contributed by atoms with Crippen LogP contribution < -0.4 is 16.8 Å². The largest absolute Gasteiger partial charge is 0.382 e. The van der Waals surface area contributed by atoms with E-state index in [1.165, 1.54) is 18.0 Å². The quantitative estimate of drug-likeness (QED) is 0.452. The highest BCUT2D eigenvalue weighted by molar-refractivity contribution is 7.98. The molecule has 3 rings (SSSR count). The highest BCUT2D eigenvalue weighted by Crippen LogP contribution is 2.21. The number of nitriles is 1. The molecular weight excluding hydrogens is 350 g/mol. The second-order valence-electron chi connectivity index (χ2n) is 5.28. The first kappa shape index (κ1) is 17.4. The maximum atomic E-state index is 8.85. The Morgan fingerprint density at radius 2 is 1.88 bits per heavy atom. The molecule has 2 heterocycles. The number of nitrogen functional groups attached to an aromatic ring is 2. The van der Waals surface area contributed by atoms with E-state index in [0.717, 1.165) is 11.3 Å². The van der Waals surface area contributed by atoms with Gasteiger partial charge in [0, 0.05) is 5.69 Å². The molecule has 3 aromatic rings. The number of rotatable bonds is 5. The first-order valence-corrected chi connectivity index (χ1v) is 8.51. The van der Waals surface area contributed by atoms with E-state index in [1.807, 2.05) is 37.3 Å². The van der Waals surface area contributed by atoms with Crippen molar-refractivity contribution in [2.24, 2.45) is 0 Å². The summed E-state index contributed by atoms with van der Waals surface area (Å²) in [6.45, 7) is 2.01. The lowest BCUT2D eigenvalue weighted by molar-refractivity contribution is 0.951. The molecule has 9 nitrogen and oxygen atoms in total. The molecule has 2 aromatic heterocycles. The van der Waals surface area contributed by atoms with Crippen LogP contribution in [0.3, 0.4) is 0 Å². The zero-order valence-electron chi connectivity index (χ0n) is 13.8. The third-order valence-electron chi connectivity index (χ3n) is 3.25. The molecular formula is C16H15N9S. The smallest absolute Gasteiger partial charge is 0.232 e. The van der Waals surface area contributed by atoms with Crippen LogP contribution in [0, 0.1) is 18.3 Å². The van der Waals surface area contributed by atoms with Gasteiger partial charge in [-0.15, -0.1) is 0 Å². The summed E-state index contributed by atoms with van der Waals surface area (Å²) in [7, 11) is 0. The van der Waals surface area contributed by atoms with Gasteiger partial charge in [-0.3, -0.25) is 0 Å². The average Bonchev–Trinajstić information content (AvgIpc) is 2.62. The molecule has 0 saturated heterocycles. The Bertz CT molecular complexity index is 966. The summed E-state index contributed by atoms with van der Waals surface area (Å²) in [5.41, 5.74) is 13.7. The van der Waals surface area contributed by atoms with E-state index in [4.69, 9.17) is 16.7 Å². The van der Waals surface area contributed by atoms with Crippen LogP contribution in [0.1, 0.15) is 17.0 Å². The maximum absolute atomic E-state index is 8.85. The third kappa shape index (κ3) is 4.34. The zero-order valence-corrected chi connectivity index (χ0v) is 14.7. The van der Waals surface area contributed by atoms with Crippen molar-refractivity contribution in [1.82, 2.24) is 24.9 Å². The normalized spacial score (nSPS) is 10.3. The first-order chi connectivity index (χ1) is 12.5. The Kier molecular flexibility index (Phi) is 5.09. The van der Waals surface area contributed by atoms with Gasteiger partial charge in [0.25, 0.3) is 0 Å². The summed E-state index contributed by atoms with van der Waals surface area (Å²) in [6.07, 6.45) is 1.39. The van der Waals surface area contributed by atoms with Crippen molar-refractivity contribution in [1.29, 1.82) is 5.26 Å². The topological polar surface area (TPSA) is 152 Å². The molecule has 0 atom stereocenters. The Hall–Kier alpha value is -3.45. The van der Waals surface area contributed by atoms with E-state index in [9.17, 15) is 0 Å². The van der Waals surface area contributed by atoms with Crippen LogP contribution in [0.2, 0.25) is 0 Å². The summed E-state index contributed by atoms with van der Waals surface area (Å²) in [5, 5.41) is 12.4. The molecule has 0 aliphatic heterocycles. The minimum absolute atomic E-state index is 0.116. The number of benzene rings is 1. The molecule has 0 fully saturated rings. The van der Waals surface area contributed by atoms with Gasteiger partial charge in [0.2, 0.25) is 11.9 Å². The van der Waals surface area contributed by atoms with Gasteiger partial charge in [-0.25, -0.2) is 9.97 Å². The second-order valence-corrected chi connectivity index (χ2v) is 6.22. The third-order valence-corrected chi connectivity index (χ3v) is 4.11. The van der Waals surface area contributed by atoms with Gasteiger partial charge < -0.3 is 16.8 Å². The van der Waals surface area contributed by atoms with E-state index in [2.05, 4.69) is 30.2 Å². The van der Waals surface area contributed by atoms with Crippen LogP contribution in [-0.4, -0.2) is 24.9 Å². The summed E-state index contributed by atoms with van der Waals surface area (Å²) >= 11 is 1.28. The number of nitrogens with two attached hydrogens (primary N) is 2. The minimum atomic E-state index is 0.116. The number of nitrogens with zero attached hydrogens (tertiary/aromatic N) is 6. The number of anilines is 4. The van der Waals surface area contributed by atoms with Crippen molar-refractivity contribution in [3.05, 3.63) is 47.4 Å². The molecule has 0 radical (unpaired) electrons. The highest BCUT2D eigenvalue weighted by atomic mass is 32.2. The van der Waals surface area contributed by atoms with Gasteiger partial charge in [0.1, 0.15) is 23.3 Å². The number of hydrogen-bond acceptors (Lipinski definition) is 10. The number of aromatic nitrogens is 5. The van der Waals surface area contributed by atoms with Gasteiger partial charge >= 0.3 is 0 Å². The van der Waals surface area contributed by atoms with E-state index in [1.54, 1.807) is 0 Å². The van der Waals surface area contributed by atoms with E-state index in [-0.39, 0.29) is 17.3 Å². The lowest BCUT2D eigenvalue weighted by Gasteiger charge is -2.07. The van der Waals surface area contributed by atoms with Crippen molar-refractivity contribution in [3.63, 3.8) is 0 Å². The molecule has 26 heavy (non-hydrogen) atoms. The summed E-state index contributed by atoms with van der Waals surface area (Å²) in [6, 6.07) is 9.74. The van der Waals surface area contributed by atoms with Gasteiger partial charge in [0.15, 0.2) is 5.16 Å². The number of thioether (sulfide) groups is 1. The maximum Gasteiger partial charge on any atom is 0.232 e. The monoisotopic (exact) mass is 365 g/mol. The van der Waals surface area contributed by atoms with Crippen molar-refractivity contribution in [3.8, 4) is 6.07 Å². The second kappa shape index (κ2) is 7.62. The fraction of sp³-hybridized carbons (Fsp3) is 0.125.